The molecular formula is C20H27N3O4. The van der Waals surface area contributed by atoms with E-state index in [2.05, 4.69) is 15.6 Å². The van der Waals surface area contributed by atoms with Gasteiger partial charge in [0.1, 0.15) is 0 Å². The molecule has 0 aliphatic carbocycles. The zero-order valence-corrected chi connectivity index (χ0v) is 16.5. The minimum Gasteiger partial charge on any atom is -0.493 e. The number of para-hydroxylation sites is 1. The number of aliphatic imine (C=N–C) groups is 1. The molecule has 7 nitrogen and oxygen atoms in total. The van der Waals surface area contributed by atoms with Crippen LogP contribution < -0.4 is 29.6 Å². The van der Waals surface area contributed by atoms with Gasteiger partial charge in [0.2, 0.25) is 0 Å². The van der Waals surface area contributed by atoms with E-state index in [1.54, 1.807) is 28.4 Å². The van der Waals surface area contributed by atoms with Crippen molar-refractivity contribution in [1.82, 2.24) is 5.32 Å². The highest BCUT2D eigenvalue weighted by Crippen LogP contribution is 2.31. The normalized spacial score (nSPS) is 10.9. The van der Waals surface area contributed by atoms with Gasteiger partial charge in [0, 0.05) is 30.9 Å². The number of hydrogen-bond donors (Lipinski definition) is 2. The van der Waals surface area contributed by atoms with Crippen molar-refractivity contribution in [2.24, 2.45) is 4.99 Å². The lowest BCUT2D eigenvalue weighted by Crippen LogP contribution is -2.30. The van der Waals surface area contributed by atoms with Crippen molar-refractivity contribution >= 4 is 11.6 Å². The molecule has 2 aromatic rings. The zero-order valence-electron chi connectivity index (χ0n) is 16.5. The van der Waals surface area contributed by atoms with E-state index in [0.717, 1.165) is 11.3 Å². The molecule has 2 aromatic carbocycles. The Hall–Kier alpha value is -3.09. The molecular weight excluding hydrogens is 346 g/mol. The van der Waals surface area contributed by atoms with Crippen molar-refractivity contribution < 1.29 is 18.9 Å². The molecule has 0 unspecified atom stereocenters. The fraction of sp³-hybridized carbons (Fsp3) is 0.350. The maximum Gasteiger partial charge on any atom is 0.195 e. The Balaban J connectivity index is 2.10. The van der Waals surface area contributed by atoms with E-state index in [1.807, 2.05) is 43.3 Å². The number of methoxy groups -OCH3 is 3. The van der Waals surface area contributed by atoms with Gasteiger partial charge in [0.05, 0.1) is 27.9 Å². The van der Waals surface area contributed by atoms with E-state index >= 15 is 0 Å². The largest absolute Gasteiger partial charge is 0.493 e. The summed E-state index contributed by atoms with van der Waals surface area (Å²) in [4.78, 5) is 4.27. The smallest absolute Gasteiger partial charge is 0.195 e. The molecule has 0 saturated carbocycles. The summed E-state index contributed by atoms with van der Waals surface area (Å²) in [7, 11) is 6.58. The molecule has 0 amide bonds. The molecule has 0 aliphatic heterocycles. The molecule has 2 rings (SSSR count). The van der Waals surface area contributed by atoms with Crippen LogP contribution in [0.1, 0.15) is 12.5 Å². The Bertz CT molecular complexity index is 778. The zero-order chi connectivity index (χ0) is 19.6. The lowest BCUT2D eigenvalue weighted by Gasteiger charge is -2.16. The molecule has 0 aliphatic rings. The summed E-state index contributed by atoms with van der Waals surface area (Å²) in [6.45, 7) is 3.01. The number of anilines is 1. The number of guanidine groups is 1. The first-order valence-electron chi connectivity index (χ1n) is 8.65. The fourth-order valence-corrected chi connectivity index (χ4v) is 2.61. The lowest BCUT2D eigenvalue weighted by molar-refractivity contribution is 0.311. The van der Waals surface area contributed by atoms with E-state index in [-0.39, 0.29) is 0 Å². The number of hydrogen-bond acceptors (Lipinski definition) is 5. The topological polar surface area (TPSA) is 73.3 Å². The highest BCUT2D eigenvalue weighted by Gasteiger charge is 2.11. The summed E-state index contributed by atoms with van der Waals surface area (Å²) in [6, 6.07) is 11.4. The van der Waals surface area contributed by atoms with Crippen LogP contribution >= 0.6 is 0 Å². The number of benzene rings is 2. The fourth-order valence-electron chi connectivity index (χ4n) is 2.61. The van der Waals surface area contributed by atoms with Gasteiger partial charge in [0.15, 0.2) is 29.0 Å². The Labute approximate surface area is 160 Å². The highest BCUT2D eigenvalue weighted by molar-refractivity contribution is 5.93. The van der Waals surface area contributed by atoms with Crippen LogP contribution in [0.15, 0.2) is 41.4 Å². The molecule has 0 atom stereocenters. The van der Waals surface area contributed by atoms with E-state index < -0.39 is 0 Å². The van der Waals surface area contributed by atoms with Gasteiger partial charge in [-0.1, -0.05) is 12.1 Å². The first kappa shape index (κ1) is 20.2. The molecule has 0 saturated heterocycles. The molecule has 0 heterocycles. The maximum absolute atomic E-state index is 5.61. The highest BCUT2D eigenvalue weighted by atomic mass is 16.5. The lowest BCUT2D eigenvalue weighted by atomic mass is 10.2. The monoisotopic (exact) mass is 373 g/mol. The first-order chi connectivity index (χ1) is 13.2. The Morgan fingerprint density at radius 2 is 1.74 bits per heavy atom. The van der Waals surface area contributed by atoms with Gasteiger partial charge in [-0.2, -0.15) is 0 Å². The van der Waals surface area contributed by atoms with Gasteiger partial charge in [-0.05, 0) is 25.1 Å². The third-order valence-corrected chi connectivity index (χ3v) is 3.88. The minimum absolute atomic E-state index is 0.522. The average Bonchev–Trinajstić information content (AvgIpc) is 2.71. The molecule has 7 heteroatoms. The standard InChI is InChI=1S/C20H27N3O4/c1-6-27-18-12-15(10-11-16(18)24-3)23-20(21-2)22-13-14-8-7-9-17(25-4)19(14)26-5/h7-12H,6,13H2,1-5H3,(H2,21,22,23). The molecule has 0 fully saturated rings. The summed E-state index contributed by atoms with van der Waals surface area (Å²) in [5.41, 5.74) is 1.80. The van der Waals surface area contributed by atoms with Gasteiger partial charge in [-0.25, -0.2) is 0 Å². The quantitative estimate of drug-likeness (QED) is 0.546. The van der Waals surface area contributed by atoms with Crippen LogP contribution in [0.25, 0.3) is 0 Å². The number of rotatable bonds is 8. The molecule has 27 heavy (non-hydrogen) atoms. The molecule has 146 valence electrons. The second-order valence-electron chi connectivity index (χ2n) is 5.50. The predicted octanol–water partition coefficient (Wildman–Crippen LogP) is 3.30. The molecule has 2 N–H and O–H groups in total. The van der Waals surface area contributed by atoms with Crippen LogP contribution in [0, 0.1) is 0 Å². The van der Waals surface area contributed by atoms with Gasteiger partial charge in [-0.3, -0.25) is 4.99 Å². The molecule has 0 spiro atoms. The Kier molecular flexibility index (Phi) is 7.61. The van der Waals surface area contributed by atoms with E-state index in [1.165, 1.54) is 0 Å². The van der Waals surface area contributed by atoms with Crippen molar-refractivity contribution in [3.05, 3.63) is 42.0 Å². The molecule has 0 radical (unpaired) electrons. The van der Waals surface area contributed by atoms with Crippen molar-refractivity contribution in [2.45, 2.75) is 13.5 Å². The van der Waals surface area contributed by atoms with Crippen LogP contribution in [-0.4, -0.2) is 40.9 Å². The second kappa shape index (κ2) is 10.2. The Morgan fingerprint density at radius 1 is 0.963 bits per heavy atom. The van der Waals surface area contributed by atoms with Crippen LogP contribution in [-0.2, 0) is 6.54 Å². The SMILES string of the molecule is CCOc1cc(NC(=NC)NCc2cccc(OC)c2OC)ccc1OC. The van der Waals surface area contributed by atoms with Crippen LogP contribution in [0.5, 0.6) is 23.0 Å². The van der Waals surface area contributed by atoms with Crippen LogP contribution in [0.4, 0.5) is 5.69 Å². The molecule has 0 aromatic heterocycles. The number of ether oxygens (including phenoxy) is 4. The number of nitrogens with zero attached hydrogens (tertiary/aromatic N) is 1. The third-order valence-electron chi connectivity index (χ3n) is 3.88. The van der Waals surface area contributed by atoms with Crippen molar-refractivity contribution in [2.75, 3.05) is 40.3 Å². The van der Waals surface area contributed by atoms with E-state index in [9.17, 15) is 0 Å². The van der Waals surface area contributed by atoms with Crippen LogP contribution in [0.3, 0.4) is 0 Å². The summed E-state index contributed by atoms with van der Waals surface area (Å²) in [5.74, 6) is 3.37. The second-order valence-corrected chi connectivity index (χ2v) is 5.50. The van der Waals surface area contributed by atoms with Crippen molar-refractivity contribution in [3.8, 4) is 23.0 Å². The van der Waals surface area contributed by atoms with Crippen molar-refractivity contribution in [3.63, 3.8) is 0 Å². The summed E-state index contributed by atoms with van der Waals surface area (Å²) in [5, 5.41) is 6.52. The van der Waals surface area contributed by atoms with E-state index in [4.69, 9.17) is 18.9 Å². The Morgan fingerprint density at radius 3 is 2.37 bits per heavy atom. The third kappa shape index (κ3) is 5.20. The molecule has 0 bridgehead atoms. The average molecular weight is 373 g/mol. The van der Waals surface area contributed by atoms with Gasteiger partial charge in [0.25, 0.3) is 0 Å². The van der Waals surface area contributed by atoms with Crippen LogP contribution in [0.2, 0.25) is 0 Å². The predicted molar refractivity (Wildman–Crippen MR) is 108 cm³/mol. The van der Waals surface area contributed by atoms with Gasteiger partial charge >= 0.3 is 0 Å². The number of nitrogens with one attached hydrogen (secondary N) is 2. The summed E-state index contributed by atoms with van der Waals surface area (Å²) in [6.07, 6.45) is 0. The first-order valence-corrected chi connectivity index (χ1v) is 8.65. The summed E-state index contributed by atoms with van der Waals surface area (Å²) >= 11 is 0. The minimum atomic E-state index is 0.522. The summed E-state index contributed by atoms with van der Waals surface area (Å²) < 4.78 is 21.7. The van der Waals surface area contributed by atoms with Gasteiger partial charge < -0.3 is 29.6 Å². The van der Waals surface area contributed by atoms with Crippen molar-refractivity contribution in [1.29, 1.82) is 0 Å². The van der Waals surface area contributed by atoms with E-state index in [0.29, 0.717) is 42.1 Å². The maximum atomic E-state index is 5.61. The van der Waals surface area contributed by atoms with Gasteiger partial charge in [-0.15, -0.1) is 0 Å².